The van der Waals surface area contributed by atoms with Crippen molar-refractivity contribution in [2.75, 3.05) is 6.61 Å². The van der Waals surface area contributed by atoms with Crippen molar-refractivity contribution in [3.63, 3.8) is 0 Å². The summed E-state index contributed by atoms with van der Waals surface area (Å²) in [4.78, 5) is 39.4. The molecule has 1 aliphatic heterocycles. The molecule has 1 aliphatic rings. The molecular weight excluding hydrogens is 388 g/mol. The number of aliphatic imine (C=N–C) groups is 1. The van der Waals surface area contributed by atoms with Crippen molar-refractivity contribution in [1.29, 1.82) is 0 Å². The van der Waals surface area contributed by atoms with Crippen molar-refractivity contribution in [2.24, 2.45) is 4.99 Å². The minimum absolute atomic E-state index is 0.0223. The Morgan fingerprint density at radius 1 is 1.21 bits per heavy atom. The molecule has 1 aromatic rings. The molecular formula is C17H22N4O6S. The Bertz CT molecular complexity index is 933. The van der Waals surface area contributed by atoms with Crippen LogP contribution in [0.15, 0.2) is 34.2 Å². The summed E-state index contributed by atoms with van der Waals surface area (Å²) in [7, 11) is -3.72. The normalized spacial score (nSPS) is 17.2. The van der Waals surface area contributed by atoms with Crippen molar-refractivity contribution >= 4 is 33.8 Å². The van der Waals surface area contributed by atoms with Gasteiger partial charge in [0.2, 0.25) is 0 Å². The number of esters is 1. The molecule has 0 aromatic heterocycles. The van der Waals surface area contributed by atoms with Crippen LogP contribution in [0, 0.1) is 0 Å². The SMILES string of the molecule is C[C@H](N=C1NS(=O)(=O)c2ccccc21)C(=O)OCC(=O)NC(=O)NC(C)(C)C. The van der Waals surface area contributed by atoms with E-state index in [0.717, 1.165) is 0 Å². The molecule has 0 aliphatic carbocycles. The third-order valence-corrected chi connectivity index (χ3v) is 4.81. The number of hydrogen-bond acceptors (Lipinski definition) is 7. The summed E-state index contributed by atoms with van der Waals surface area (Å²) in [5.41, 5.74) is -0.185. The molecule has 152 valence electrons. The fourth-order valence-electron chi connectivity index (χ4n) is 2.27. The molecule has 0 radical (unpaired) electrons. The predicted octanol–water partition coefficient (Wildman–Crippen LogP) is 0.281. The lowest BCUT2D eigenvalue weighted by molar-refractivity contribution is -0.149. The van der Waals surface area contributed by atoms with Crippen molar-refractivity contribution in [2.45, 2.75) is 44.2 Å². The molecule has 0 spiro atoms. The summed E-state index contributed by atoms with van der Waals surface area (Å²) in [6.07, 6.45) is 0. The highest BCUT2D eigenvalue weighted by Crippen LogP contribution is 2.22. The van der Waals surface area contributed by atoms with E-state index < -0.39 is 46.1 Å². The standard InChI is InChI=1S/C17H22N4O6S/c1-10(15(23)27-9-13(22)19-16(24)20-17(2,3)4)18-14-11-7-5-6-8-12(11)28(25,26)21-14/h5-8,10H,9H2,1-4H3,(H,18,21)(H2,19,20,22,24)/t10-/m0/s1. The van der Waals surface area contributed by atoms with Crippen LogP contribution >= 0.6 is 0 Å². The number of carbonyl (C=O) groups is 3. The fourth-order valence-corrected chi connectivity index (χ4v) is 3.51. The van der Waals surface area contributed by atoms with Crippen LogP contribution in [0.4, 0.5) is 4.79 Å². The zero-order valence-electron chi connectivity index (χ0n) is 15.9. The van der Waals surface area contributed by atoms with Gasteiger partial charge >= 0.3 is 12.0 Å². The number of imide groups is 1. The number of nitrogens with one attached hydrogen (secondary N) is 3. The van der Waals surface area contributed by atoms with Gasteiger partial charge in [-0.25, -0.2) is 18.0 Å². The molecule has 28 heavy (non-hydrogen) atoms. The third kappa shape index (κ3) is 5.52. The minimum Gasteiger partial charge on any atom is -0.454 e. The Morgan fingerprint density at radius 2 is 1.86 bits per heavy atom. The van der Waals surface area contributed by atoms with E-state index in [9.17, 15) is 22.8 Å². The zero-order valence-corrected chi connectivity index (χ0v) is 16.7. The van der Waals surface area contributed by atoms with Crippen LogP contribution in [0.25, 0.3) is 0 Å². The highest BCUT2D eigenvalue weighted by atomic mass is 32.2. The molecule has 3 amide bonds. The number of amidine groups is 1. The number of nitrogens with zero attached hydrogens (tertiary/aromatic N) is 1. The molecule has 0 bridgehead atoms. The topological polar surface area (TPSA) is 143 Å². The highest BCUT2D eigenvalue weighted by molar-refractivity contribution is 7.90. The van der Waals surface area contributed by atoms with Crippen LogP contribution in [0.5, 0.6) is 0 Å². The summed E-state index contributed by atoms with van der Waals surface area (Å²) < 4.78 is 31.2. The number of sulfonamides is 1. The van der Waals surface area contributed by atoms with E-state index in [0.29, 0.717) is 5.56 Å². The molecule has 0 saturated heterocycles. The van der Waals surface area contributed by atoms with Crippen LogP contribution < -0.4 is 15.4 Å². The maximum absolute atomic E-state index is 12.0. The summed E-state index contributed by atoms with van der Waals surface area (Å²) in [5, 5.41) is 4.56. The van der Waals surface area contributed by atoms with Crippen molar-refractivity contribution in [1.82, 2.24) is 15.4 Å². The molecule has 1 aromatic carbocycles. The largest absolute Gasteiger partial charge is 0.454 e. The lowest BCUT2D eigenvalue weighted by atomic mass is 10.1. The van der Waals surface area contributed by atoms with Crippen LogP contribution in [0.1, 0.15) is 33.3 Å². The summed E-state index contributed by atoms with van der Waals surface area (Å²) >= 11 is 0. The van der Waals surface area contributed by atoms with Crippen molar-refractivity contribution in [3.05, 3.63) is 29.8 Å². The Labute approximate surface area is 162 Å². The average Bonchev–Trinajstić information content (AvgIpc) is 2.81. The van der Waals surface area contributed by atoms with E-state index in [1.165, 1.54) is 13.0 Å². The molecule has 3 N–H and O–H groups in total. The van der Waals surface area contributed by atoms with E-state index in [1.807, 2.05) is 5.32 Å². The molecule has 1 heterocycles. The van der Waals surface area contributed by atoms with E-state index in [4.69, 9.17) is 4.74 Å². The second-order valence-electron chi connectivity index (χ2n) is 7.12. The van der Waals surface area contributed by atoms with Gasteiger partial charge in [-0.15, -0.1) is 0 Å². The maximum atomic E-state index is 12.0. The second-order valence-corrected chi connectivity index (χ2v) is 8.77. The number of fused-ring (bicyclic) bond motifs is 1. The van der Waals surface area contributed by atoms with Gasteiger partial charge in [0.1, 0.15) is 11.9 Å². The number of amides is 3. The molecule has 0 unspecified atom stereocenters. The average molecular weight is 410 g/mol. The highest BCUT2D eigenvalue weighted by Gasteiger charge is 2.31. The lowest BCUT2D eigenvalue weighted by Gasteiger charge is -2.20. The van der Waals surface area contributed by atoms with Gasteiger partial charge in [-0.05, 0) is 39.8 Å². The fraction of sp³-hybridized carbons (Fsp3) is 0.412. The van der Waals surface area contributed by atoms with E-state index in [2.05, 4.69) is 15.0 Å². The molecule has 0 fully saturated rings. The molecule has 2 rings (SSSR count). The second kappa shape index (κ2) is 7.97. The summed E-state index contributed by atoms with van der Waals surface area (Å²) in [6.45, 7) is 5.96. The smallest absolute Gasteiger partial charge is 0.331 e. The van der Waals surface area contributed by atoms with Gasteiger partial charge in [-0.2, -0.15) is 0 Å². The number of ether oxygens (including phenoxy) is 1. The summed E-state index contributed by atoms with van der Waals surface area (Å²) in [6, 6.07) is 4.43. The maximum Gasteiger partial charge on any atom is 0.331 e. The monoisotopic (exact) mass is 410 g/mol. The van der Waals surface area contributed by atoms with Gasteiger partial charge in [0.15, 0.2) is 6.61 Å². The Hall–Kier alpha value is -2.95. The van der Waals surface area contributed by atoms with Gasteiger partial charge in [-0.1, -0.05) is 12.1 Å². The van der Waals surface area contributed by atoms with Crippen molar-refractivity contribution < 1.29 is 27.5 Å². The first-order chi connectivity index (χ1) is 12.9. The van der Waals surface area contributed by atoms with Crippen LogP contribution in [0.3, 0.4) is 0 Å². The van der Waals surface area contributed by atoms with E-state index >= 15 is 0 Å². The number of carbonyl (C=O) groups excluding carboxylic acids is 3. The Balaban J connectivity index is 1.95. The molecule has 10 nitrogen and oxygen atoms in total. The van der Waals surface area contributed by atoms with Gasteiger partial charge < -0.3 is 10.1 Å². The molecule has 0 saturated carbocycles. The first kappa shape index (κ1) is 21.4. The first-order valence-corrected chi connectivity index (χ1v) is 9.86. The molecule has 11 heteroatoms. The van der Waals surface area contributed by atoms with Crippen LogP contribution in [-0.4, -0.2) is 50.3 Å². The lowest BCUT2D eigenvalue weighted by Crippen LogP contribution is -2.49. The number of benzene rings is 1. The third-order valence-electron chi connectivity index (χ3n) is 3.41. The van der Waals surface area contributed by atoms with Crippen molar-refractivity contribution in [3.8, 4) is 0 Å². The molecule has 1 atom stereocenters. The number of hydrogen-bond donors (Lipinski definition) is 3. The van der Waals surface area contributed by atoms with Crippen LogP contribution in [0.2, 0.25) is 0 Å². The van der Waals surface area contributed by atoms with E-state index in [1.54, 1.807) is 39.0 Å². The minimum atomic E-state index is -3.72. The van der Waals surface area contributed by atoms with E-state index in [-0.39, 0.29) is 10.7 Å². The quantitative estimate of drug-likeness (QED) is 0.609. The Kier molecular flexibility index (Phi) is 6.07. The summed E-state index contributed by atoms with van der Waals surface area (Å²) in [5.74, 6) is -1.63. The van der Waals surface area contributed by atoms with Gasteiger partial charge in [0, 0.05) is 11.1 Å². The Morgan fingerprint density at radius 3 is 2.50 bits per heavy atom. The number of rotatable bonds is 4. The van der Waals surface area contributed by atoms with Crippen LogP contribution in [-0.2, 0) is 24.3 Å². The van der Waals surface area contributed by atoms with Gasteiger partial charge in [0.25, 0.3) is 15.9 Å². The van der Waals surface area contributed by atoms with Gasteiger partial charge in [-0.3, -0.25) is 19.8 Å². The zero-order chi connectivity index (χ0) is 21.1. The number of urea groups is 1. The van der Waals surface area contributed by atoms with Gasteiger partial charge in [0.05, 0.1) is 4.90 Å². The predicted molar refractivity (Wildman–Crippen MR) is 100 cm³/mol. The first-order valence-electron chi connectivity index (χ1n) is 8.38.